The van der Waals surface area contributed by atoms with Crippen LogP contribution in [0.2, 0.25) is 0 Å². The predicted octanol–water partition coefficient (Wildman–Crippen LogP) is 0.662. The van der Waals surface area contributed by atoms with Crippen molar-refractivity contribution in [1.82, 2.24) is 10.3 Å². The van der Waals surface area contributed by atoms with Crippen molar-refractivity contribution in [2.45, 2.75) is 31.8 Å². The average molecular weight is 292 g/mol. The van der Waals surface area contributed by atoms with Crippen LogP contribution in [0.5, 0.6) is 0 Å². The van der Waals surface area contributed by atoms with E-state index in [1.807, 2.05) is 23.2 Å². The molecule has 1 saturated heterocycles. The molecule has 1 fully saturated rings. The SMILES string of the molecule is COCCNCc1ccc(N2CCCCC2C(N)=O)nc1. The van der Waals surface area contributed by atoms with Gasteiger partial charge in [-0.1, -0.05) is 6.07 Å². The standard InChI is InChI=1S/C15H24N4O2/c1-21-9-7-17-10-12-5-6-14(18-11-12)19-8-3-2-4-13(19)15(16)20/h5-6,11,13,17H,2-4,7-10H2,1H3,(H2,16,20). The number of hydrogen-bond donors (Lipinski definition) is 2. The molecule has 1 aliphatic heterocycles. The van der Waals surface area contributed by atoms with E-state index < -0.39 is 0 Å². The highest BCUT2D eigenvalue weighted by Gasteiger charge is 2.27. The van der Waals surface area contributed by atoms with Crippen molar-refractivity contribution >= 4 is 11.7 Å². The van der Waals surface area contributed by atoms with Gasteiger partial charge in [-0.25, -0.2) is 4.98 Å². The van der Waals surface area contributed by atoms with E-state index in [4.69, 9.17) is 10.5 Å². The summed E-state index contributed by atoms with van der Waals surface area (Å²) in [4.78, 5) is 18.0. The Morgan fingerprint density at radius 2 is 2.38 bits per heavy atom. The molecule has 2 rings (SSSR count). The molecule has 0 saturated carbocycles. The number of nitrogens with one attached hydrogen (secondary N) is 1. The Morgan fingerprint density at radius 1 is 1.52 bits per heavy atom. The minimum absolute atomic E-state index is 0.225. The third-order valence-electron chi connectivity index (χ3n) is 3.75. The van der Waals surface area contributed by atoms with Crippen LogP contribution in [0.1, 0.15) is 24.8 Å². The topological polar surface area (TPSA) is 80.5 Å². The van der Waals surface area contributed by atoms with Gasteiger partial charge in [0.2, 0.25) is 5.91 Å². The van der Waals surface area contributed by atoms with E-state index in [9.17, 15) is 4.79 Å². The fourth-order valence-electron chi connectivity index (χ4n) is 2.60. The summed E-state index contributed by atoms with van der Waals surface area (Å²) in [5.41, 5.74) is 6.60. The summed E-state index contributed by atoms with van der Waals surface area (Å²) in [5.74, 6) is 0.570. The zero-order valence-electron chi connectivity index (χ0n) is 12.5. The fraction of sp³-hybridized carbons (Fsp3) is 0.600. The Balaban J connectivity index is 1.95. The van der Waals surface area contributed by atoms with E-state index in [1.54, 1.807) is 7.11 Å². The average Bonchev–Trinajstić information content (AvgIpc) is 2.52. The summed E-state index contributed by atoms with van der Waals surface area (Å²) in [6.07, 6.45) is 4.79. The number of ether oxygens (including phenoxy) is 1. The molecule has 6 nitrogen and oxygen atoms in total. The van der Waals surface area contributed by atoms with E-state index in [0.717, 1.165) is 50.3 Å². The van der Waals surface area contributed by atoms with Gasteiger partial charge in [-0.05, 0) is 30.9 Å². The molecule has 0 bridgehead atoms. The van der Waals surface area contributed by atoms with Crippen molar-refractivity contribution in [1.29, 1.82) is 0 Å². The molecule has 1 unspecified atom stereocenters. The first-order chi connectivity index (χ1) is 10.2. The third-order valence-corrected chi connectivity index (χ3v) is 3.75. The van der Waals surface area contributed by atoms with Gasteiger partial charge in [0, 0.05) is 32.9 Å². The van der Waals surface area contributed by atoms with Crippen molar-refractivity contribution in [3.05, 3.63) is 23.9 Å². The molecule has 3 N–H and O–H groups in total. The molecule has 6 heteroatoms. The number of hydrogen-bond acceptors (Lipinski definition) is 5. The maximum Gasteiger partial charge on any atom is 0.240 e. The van der Waals surface area contributed by atoms with E-state index >= 15 is 0 Å². The number of nitrogens with zero attached hydrogens (tertiary/aromatic N) is 2. The lowest BCUT2D eigenvalue weighted by Crippen LogP contribution is -2.48. The molecule has 0 spiro atoms. The van der Waals surface area contributed by atoms with Crippen LogP contribution in [-0.2, 0) is 16.1 Å². The number of methoxy groups -OCH3 is 1. The highest BCUT2D eigenvalue weighted by molar-refractivity contribution is 5.83. The molecule has 21 heavy (non-hydrogen) atoms. The van der Waals surface area contributed by atoms with Crippen LogP contribution in [0.15, 0.2) is 18.3 Å². The van der Waals surface area contributed by atoms with Gasteiger partial charge in [0.05, 0.1) is 6.61 Å². The molecule has 1 amide bonds. The molecule has 1 aromatic rings. The normalized spacial score (nSPS) is 18.7. The second-order valence-electron chi connectivity index (χ2n) is 5.30. The number of pyridine rings is 1. The summed E-state index contributed by atoms with van der Waals surface area (Å²) in [7, 11) is 1.69. The van der Waals surface area contributed by atoms with E-state index in [1.165, 1.54) is 0 Å². The van der Waals surface area contributed by atoms with Crippen LogP contribution in [0.4, 0.5) is 5.82 Å². The van der Waals surface area contributed by atoms with Gasteiger partial charge in [-0.3, -0.25) is 4.79 Å². The van der Waals surface area contributed by atoms with Gasteiger partial charge >= 0.3 is 0 Å². The van der Waals surface area contributed by atoms with Crippen molar-refractivity contribution in [2.24, 2.45) is 5.73 Å². The molecular formula is C15H24N4O2. The number of aromatic nitrogens is 1. The Labute approximate surface area is 125 Å². The van der Waals surface area contributed by atoms with Crippen LogP contribution in [-0.4, -0.2) is 43.7 Å². The van der Waals surface area contributed by atoms with Gasteiger partial charge < -0.3 is 20.7 Å². The number of anilines is 1. The first-order valence-electron chi connectivity index (χ1n) is 7.43. The highest BCUT2D eigenvalue weighted by atomic mass is 16.5. The maximum absolute atomic E-state index is 11.5. The summed E-state index contributed by atoms with van der Waals surface area (Å²) >= 11 is 0. The monoisotopic (exact) mass is 292 g/mol. The summed E-state index contributed by atoms with van der Waals surface area (Å²) in [5, 5.41) is 3.28. The van der Waals surface area contributed by atoms with Crippen molar-refractivity contribution in [3.63, 3.8) is 0 Å². The number of primary amides is 1. The third kappa shape index (κ3) is 4.41. The molecule has 2 heterocycles. The second kappa shape index (κ2) is 7.95. The van der Waals surface area contributed by atoms with E-state index in [2.05, 4.69) is 10.3 Å². The Kier molecular flexibility index (Phi) is 5.95. The second-order valence-corrected chi connectivity index (χ2v) is 5.30. The number of carbonyl (C=O) groups excluding carboxylic acids is 1. The molecule has 1 aromatic heterocycles. The smallest absolute Gasteiger partial charge is 0.240 e. The molecular weight excluding hydrogens is 268 g/mol. The Bertz CT molecular complexity index is 449. The van der Waals surface area contributed by atoms with Gasteiger partial charge in [0.15, 0.2) is 0 Å². The predicted molar refractivity (Wildman–Crippen MR) is 82.0 cm³/mol. The first kappa shape index (κ1) is 15.7. The fourth-order valence-corrected chi connectivity index (χ4v) is 2.60. The molecule has 1 aliphatic rings. The zero-order valence-corrected chi connectivity index (χ0v) is 12.5. The van der Waals surface area contributed by atoms with Crippen LogP contribution < -0.4 is 16.0 Å². The number of rotatable bonds is 7. The van der Waals surface area contributed by atoms with Crippen LogP contribution in [0.3, 0.4) is 0 Å². The van der Waals surface area contributed by atoms with Crippen LogP contribution >= 0.6 is 0 Å². The van der Waals surface area contributed by atoms with E-state index in [0.29, 0.717) is 6.61 Å². The molecule has 1 atom stereocenters. The van der Waals surface area contributed by atoms with Gasteiger partial charge in [-0.2, -0.15) is 0 Å². The lowest BCUT2D eigenvalue weighted by molar-refractivity contribution is -0.119. The molecule has 116 valence electrons. The zero-order chi connectivity index (χ0) is 15.1. The summed E-state index contributed by atoms with van der Waals surface area (Å²) in [6, 6.07) is 3.78. The minimum atomic E-state index is -0.262. The summed E-state index contributed by atoms with van der Waals surface area (Å²) < 4.78 is 4.98. The van der Waals surface area contributed by atoms with Gasteiger partial charge in [-0.15, -0.1) is 0 Å². The minimum Gasteiger partial charge on any atom is -0.383 e. The summed E-state index contributed by atoms with van der Waals surface area (Å²) in [6.45, 7) is 3.11. The van der Waals surface area contributed by atoms with Crippen molar-refractivity contribution in [2.75, 3.05) is 31.7 Å². The largest absolute Gasteiger partial charge is 0.383 e. The number of piperidine rings is 1. The Hall–Kier alpha value is -1.66. The quantitative estimate of drug-likeness (QED) is 0.722. The van der Waals surface area contributed by atoms with Gasteiger partial charge in [0.25, 0.3) is 0 Å². The molecule has 0 radical (unpaired) electrons. The molecule has 0 aliphatic carbocycles. The van der Waals surface area contributed by atoms with Crippen molar-refractivity contribution < 1.29 is 9.53 Å². The molecule has 0 aromatic carbocycles. The first-order valence-corrected chi connectivity index (χ1v) is 7.43. The number of nitrogens with two attached hydrogens (primary N) is 1. The van der Waals surface area contributed by atoms with Gasteiger partial charge in [0.1, 0.15) is 11.9 Å². The Morgan fingerprint density at radius 3 is 3.05 bits per heavy atom. The van der Waals surface area contributed by atoms with E-state index in [-0.39, 0.29) is 11.9 Å². The number of carbonyl (C=O) groups is 1. The van der Waals surface area contributed by atoms with Crippen molar-refractivity contribution in [3.8, 4) is 0 Å². The lowest BCUT2D eigenvalue weighted by atomic mass is 10.0. The van der Waals surface area contributed by atoms with Crippen LogP contribution in [0.25, 0.3) is 0 Å². The maximum atomic E-state index is 11.5. The lowest BCUT2D eigenvalue weighted by Gasteiger charge is -2.34. The highest BCUT2D eigenvalue weighted by Crippen LogP contribution is 2.23. The number of amides is 1. The van der Waals surface area contributed by atoms with Crippen LogP contribution in [0, 0.1) is 0 Å².